The summed E-state index contributed by atoms with van der Waals surface area (Å²) in [4.78, 5) is 7.71. The zero-order valence-electron chi connectivity index (χ0n) is 4.50. The van der Waals surface area contributed by atoms with E-state index in [0.29, 0.717) is 10.3 Å². The molecular formula is C6H3BrN2. The van der Waals surface area contributed by atoms with E-state index >= 15 is 0 Å². The molecule has 0 unspecified atom stereocenters. The minimum Gasteiger partial charge on any atom is -0.245 e. The Kier molecular flexibility index (Phi) is 1.81. The maximum Gasteiger partial charge on any atom is 0.145 e. The lowest BCUT2D eigenvalue weighted by Gasteiger charge is -1.88. The number of aromatic nitrogens is 2. The Morgan fingerprint density at radius 1 is 1.44 bits per heavy atom. The van der Waals surface area contributed by atoms with Gasteiger partial charge in [0, 0.05) is 12.4 Å². The summed E-state index contributed by atoms with van der Waals surface area (Å²) >= 11 is 3.14. The zero-order chi connectivity index (χ0) is 6.69. The molecule has 0 aliphatic rings. The summed E-state index contributed by atoms with van der Waals surface area (Å²) in [6, 6.07) is 0. The van der Waals surface area contributed by atoms with Gasteiger partial charge in [-0.1, -0.05) is 0 Å². The average Bonchev–Trinajstić information content (AvgIpc) is 1.89. The Bertz CT molecular complexity index is 251. The van der Waals surface area contributed by atoms with E-state index in [-0.39, 0.29) is 0 Å². The smallest absolute Gasteiger partial charge is 0.145 e. The lowest BCUT2D eigenvalue weighted by Crippen LogP contribution is -1.84. The van der Waals surface area contributed by atoms with Crippen molar-refractivity contribution >= 4 is 15.9 Å². The summed E-state index contributed by atoms with van der Waals surface area (Å²) in [5, 5.41) is 0. The maximum absolute atomic E-state index is 5.07. The van der Waals surface area contributed by atoms with Crippen LogP contribution >= 0.6 is 15.9 Å². The lowest BCUT2D eigenvalue weighted by atomic mass is 10.5. The van der Waals surface area contributed by atoms with Crippen molar-refractivity contribution in [2.24, 2.45) is 0 Å². The van der Waals surface area contributed by atoms with Gasteiger partial charge in [0.05, 0.1) is 0 Å². The molecule has 0 spiro atoms. The number of hydrogen-bond acceptors (Lipinski definition) is 2. The fourth-order valence-electron chi connectivity index (χ4n) is 0.418. The molecule has 0 aliphatic carbocycles. The SMILES string of the molecule is C#Cc1nccnc1Br. The molecule has 0 bridgehead atoms. The fraction of sp³-hybridized carbons (Fsp3) is 0. The van der Waals surface area contributed by atoms with Gasteiger partial charge in [0.25, 0.3) is 0 Å². The van der Waals surface area contributed by atoms with Crippen molar-refractivity contribution in [3.63, 3.8) is 0 Å². The van der Waals surface area contributed by atoms with E-state index in [4.69, 9.17) is 6.42 Å². The number of hydrogen-bond donors (Lipinski definition) is 0. The minimum atomic E-state index is 0.539. The molecule has 1 aromatic rings. The van der Waals surface area contributed by atoms with Gasteiger partial charge < -0.3 is 0 Å². The number of terminal acetylenes is 1. The van der Waals surface area contributed by atoms with Gasteiger partial charge in [-0.2, -0.15) is 0 Å². The molecule has 0 saturated heterocycles. The quantitative estimate of drug-likeness (QED) is 0.565. The van der Waals surface area contributed by atoms with Crippen LogP contribution in [0.4, 0.5) is 0 Å². The second kappa shape index (κ2) is 2.60. The highest BCUT2D eigenvalue weighted by atomic mass is 79.9. The Morgan fingerprint density at radius 2 is 2.11 bits per heavy atom. The fourth-order valence-corrected chi connectivity index (χ4v) is 0.753. The van der Waals surface area contributed by atoms with Gasteiger partial charge in [0.1, 0.15) is 10.3 Å². The largest absolute Gasteiger partial charge is 0.245 e. The van der Waals surface area contributed by atoms with Crippen molar-refractivity contribution in [2.75, 3.05) is 0 Å². The van der Waals surface area contributed by atoms with Crippen LogP contribution in [0.5, 0.6) is 0 Å². The first-order valence-electron chi connectivity index (χ1n) is 2.27. The third-order valence-electron chi connectivity index (χ3n) is 0.790. The summed E-state index contributed by atoms with van der Waals surface area (Å²) < 4.78 is 0.618. The molecule has 9 heavy (non-hydrogen) atoms. The van der Waals surface area contributed by atoms with Crippen molar-refractivity contribution in [3.8, 4) is 12.3 Å². The van der Waals surface area contributed by atoms with E-state index < -0.39 is 0 Å². The van der Waals surface area contributed by atoms with Crippen LogP contribution in [0.3, 0.4) is 0 Å². The van der Waals surface area contributed by atoms with Crippen LogP contribution in [0.1, 0.15) is 5.69 Å². The molecule has 44 valence electrons. The first kappa shape index (κ1) is 6.24. The zero-order valence-corrected chi connectivity index (χ0v) is 6.09. The Hall–Kier alpha value is -0.880. The second-order valence-corrected chi connectivity index (χ2v) is 2.09. The van der Waals surface area contributed by atoms with E-state index in [9.17, 15) is 0 Å². The molecular weight excluding hydrogens is 180 g/mol. The van der Waals surface area contributed by atoms with E-state index in [1.165, 1.54) is 0 Å². The van der Waals surface area contributed by atoms with Crippen molar-refractivity contribution in [3.05, 3.63) is 22.7 Å². The molecule has 1 aromatic heterocycles. The normalized spacial score (nSPS) is 8.44. The highest BCUT2D eigenvalue weighted by molar-refractivity contribution is 9.10. The lowest BCUT2D eigenvalue weighted by molar-refractivity contribution is 1.14. The van der Waals surface area contributed by atoms with Gasteiger partial charge >= 0.3 is 0 Å². The average molecular weight is 183 g/mol. The van der Waals surface area contributed by atoms with Crippen molar-refractivity contribution in [1.29, 1.82) is 0 Å². The third-order valence-corrected chi connectivity index (χ3v) is 1.37. The van der Waals surface area contributed by atoms with Gasteiger partial charge in [0.15, 0.2) is 0 Å². The topological polar surface area (TPSA) is 25.8 Å². The number of halogens is 1. The van der Waals surface area contributed by atoms with Crippen LogP contribution in [0.2, 0.25) is 0 Å². The van der Waals surface area contributed by atoms with Crippen LogP contribution in [0.15, 0.2) is 17.0 Å². The van der Waals surface area contributed by atoms with Gasteiger partial charge in [-0.25, -0.2) is 9.97 Å². The van der Waals surface area contributed by atoms with Crippen LogP contribution in [0, 0.1) is 12.3 Å². The first-order valence-corrected chi connectivity index (χ1v) is 3.07. The first-order chi connectivity index (χ1) is 4.34. The van der Waals surface area contributed by atoms with Crippen LogP contribution in [-0.2, 0) is 0 Å². The van der Waals surface area contributed by atoms with Gasteiger partial charge in [-0.15, -0.1) is 6.42 Å². The monoisotopic (exact) mass is 182 g/mol. The summed E-state index contributed by atoms with van der Waals surface area (Å²) in [6.45, 7) is 0. The standard InChI is InChI=1S/C6H3BrN2/c1-2-5-6(7)9-4-3-8-5/h1,3-4H. The highest BCUT2D eigenvalue weighted by Crippen LogP contribution is 2.06. The molecule has 0 radical (unpaired) electrons. The third kappa shape index (κ3) is 1.27. The minimum absolute atomic E-state index is 0.539. The summed E-state index contributed by atoms with van der Waals surface area (Å²) in [5.41, 5.74) is 0.539. The van der Waals surface area contributed by atoms with Crippen molar-refractivity contribution in [1.82, 2.24) is 9.97 Å². The number of rotatable bonds is 0. The Balaban J connectivity index is 3.20. The van der Waals surface area contributed by atoms with Crippen molar-refractivity contribution < 1.29 is 0 Å². The second-order valence-electron chi connectivity index (χ2n) is 1.34. The molecule has 1 heterocycles. The number of nitrogens with zero attached hydrogens (tertiary/aromatic N) is 2. The van der Waals surface area contributed by atoms with Gasteiger partial charge in [-0.3, -0.25) is 0 Å². The van der Waals surface area contributed by atoms with E-state index in [0.717, 1.165) is 0 Å². The summed E-state index contributed by atoms with van der Waals surface area (Å²) in [5.74, 6) is 2.37. The Morgan fingerprint density at radius 3 is 2.56 bits per heavy atom. The summed E-state index contributed by atoms with van der Waals surface area (Å²) in [7, 11) is 0. The molecule has 0 fully saturated rings. The molecule has 1 rings (SSSR count). The van der Waals surface area contributed by atoms with Crippen molar-refractivity contribution in [2.45, 2.75) is 0 Å². The van der Waals surface area contributed by atoms with E-state index in [2.05, 4.69) is 31.8 Å². The van der Waals surface area contributed by atoms with E-state index in [1.54, 1.807) is 12.4 Å². The molecule has 0 amide bonds. The van der Waals surface area contributed by atoms with Crippen LogP contribution < -0.4 is 0 Å². The molecule has 0 saturated carbocycles. The van der Waals surface area contributed by atoms with Crippen LogP contribution in [0.25, 0.3) is 0 Å². The molecule has 3 heteroatoms. The Labute approximate surface area is 61.5 Å². The van der Waals surface area contributed by atoms with E-state index in [1.807, 2.05) is 0 Å². The molecule has 0 aromatic carbocycles. The summed E-state index contributed by atoms with van der Waals surface area (Å²) in [6.07, 6.45) is 8.20. The molecule has 0 atom stereocenters. The van der Waals surface area contributed by atoms with Gasteiger partial charge in [-0.05, 0) is 21.9 Å². The van der Waals surface area contributed by atoms with Crippen LogP contribution in [-0.4, -0.2) is 9.97 Å². The molecule has 0 N–H and O–H groups in total. The van der Waals surface area contributed by atoms with Gasteiger partial charge in [0.2, 0.25) is 0 Å². The molecule has 0 aliphatic heterocycles. The maximum atomic E-state index is 5.07. The highest BCUT2D eigenvalue weighted by Gasteiger charge is 1.93. The molecule has 2 nitrogen and oxygen atoms in total. The predicted molar refractivity (Wildman–Crippen MR) is 37.7 cm³/mol. The predicted octanol–water partition coefficient (Wildman–Crippen LogP) is 1.22.